The van der Waals surface area contributed by atoms with Crippen LogP contribution in [0.15, 0.2) is 71.6 Å². The monoisotopic (exact) mass is 449 g/mol. The summed E-state index contributed by atoms with van der Waals surface area (Å²) in [6, 6.07) is 18.4. The number of Topliss-reactive ketones (excluding diaryl/α,β-unsaturated/α-hetero) is 1. The van der Waals surface area contributed by atoms with Crippen molar-refractivity contribution in [1.82, 2.24) is 0 Å². The molecule has 0 saturated heterocycles. The second kappa shape index (κ2) is 8.99. The molecule has 0 amide bonds. The molecule has 4 rings (SSSR count). The van der Waals surface area contributed by atoms with E-state index in [9.17, 15) is 13.7 Å². The minimum atomic E-state index is -1.61. The van der Waals surface area contributed by atoms with Gasteiger partial charge in [-0.3, -0.25) is 4.79 Å². The lowest BCUT2D eigenvalue weighted by Crippen LogP contribution is -2.36. The maximum absolute atomic E-state index is 13.1. The number of hydrogen-bond acceptors (Lipinski definition) is 3. The molecule has 0 fully saturated rings. The van der Waals surface area contributed by atoms with Gasteiger partial charge < -0.3 is 4.55 Å². The predicted molar refractivity (Wildman–Crippen MR) is 124 cm³/mol. The maximum Gasteiger partial charge on any atom is 0.245 e. The number of hydrogen-bond donors (Lipinski definition) is 0. The van der Waals surface area contributed by atoms with Crippen LogP contribution in [0.5, 0.6) is 0 Å². The largest absolute Gasteiger partial charge is 0.588 e. The first-order chi connectivity index (χ1) is 14.9. The third kappa shape index (κ3) is 4.67. The fourth-order valence-corrected chi connectivity index (χ4v) is 4.46. The molecular formula is C25H17ClFNO2S. The van der Waals surface area contributed by atoms with Crippen LogP contribution in [-0.2, 0) is 17.8 Å². The summed E-state index contributed by atoms with van der Waals surface area (Å²) in [5, 5.41) is 0.588. The normalized spacial score (nSPS) is 16.6. The number of ketones is 1. The lowest BCUT2D eigenvalue weighted by molar-refractivity contribution is 0.104. The van der Waals surface area contributed by atoms with Crippen LogP contribution in [0.3, 0.4) is 0 Å². The molecule has 0 radical (unpaired) electrons. The molecule has 0 N–H and O–H groups in total. The molecule has 1 aliphatic heterocycles. The molecule has 1 aliphatic rings. The van der Waals surface area contributed by atoms with E-state index in [0.717, 1.165) is 11.1 Å². The standard InChI is InChI=1S/C25H17ClFNO2S/c1-28-23-14-9-18(4-2-3-17-7-12-21(27)13-8-17)15-22(23)25(29)24(31(28)30)16-19-5-10-20(26)11-6-19/h5-16H,3H2,1H3/b24-16+. The van der Waals surface area contributed by atoms with Crippen molar-refractivity contribution in [3.63, 3.8) is 0 Å². The number of rotatable bonds is 2. The van der Waals surface area contributed by atoms with E-state index in [0.29, 0.717) is 28.3 Å². The quantitative estimate of drug-likeness (QED) is 0.298. The van der Waals surface area contributed by atoms with Crippen LogP contribution in [0.4, 0.5) is 10.1 Å². The van der Waals surface area contributed by atoms with Crippen molar-refractivity contribution < 1.29 is 13.7 Å². The zero-order chi connectivity index (χ0) is 22.0. The van der Waals surface area contributed by atoms with Crippen LogP contribution in [-0.4, -0.2) is 17.4 Å². The number of carbonyl (C=O) groups excluding carboxylic acids is 1. The highest BCUT2D eigenvalue weighted by molar-refractivity contribution is 7.97. The van der Waals surface area contributed by atoms with Crippen LogP contribution in [0.25, 0.3) is 6.08 Å². The summed E-state index contributed by atoms with van der Waals surface area (Å²) in [6.45, 7) is 0. The summed E-state index contributed by atoms with van der Waals surface area (Å²) >= 11 is 4.31. The Kier molecular flexibility index (Phi) is 6.15. The lowest BCUT2D eigenvalue weighted by Gasteiger charge is -2.29. The summed E-state index contributed by atoms with van der Waals surface area (Å²) in [4.78, 5) is 13.3. The number of nitrogens with zero attached hydrogens (tertiary/aromatic N) is 1. The minimum absolute atomic E-state index is 0.203. The highest BCUT2D eigenvalue weighted by Gasteiger charge is 2.38. The van der Waals surface area contributed by atoms with Crippen molar-refractivity contribution in [2.75, 3.05) is 11.4 Å². The van der Waals surface area contributed by atoms with Crippen LogP contribution in [0, 0.1) is 17.7 Å². The van der Waals surface area contributed by atoms with E-state index < -0.39 is 11.4 Å². The molecule has 3 nitrogen and oxygen atoms in total. The molecular weight excluding hydrogens is 433 g/mol. The average molecular weight is 450 g/mol. The zero-order valence-corrected chi connectivity index (χ0v) is 18.1. The summed E-state index contributed by atoms with van der Waals surface area (Å²) in [5.41, 5.74) is 3.39. The summed E-state index contributed by atoms with van der Waals surface area (Å²) < 4.78 is 27.5. The maximum atomic E-state index is 13.1. The third-order valence-corrected chi connectivity index (χ3v) is 6.47. The van der Waals surface area contributed by atoms with E-state index in [4.69, 9.17) is 11.6 Å². The SMILES string of the molecule is CN1c2ccc(C#CCc3ccc(F)cc3)cc2C(=O)/C(=C\c2ccc(Cl)cc2)[S+]1[O-]. The van der Waals surface area contributed by atoms with Crippen LogP contribution < -0.4 is 4.31 Å². The average Bonchev–Trinajstić information content (AvgIpc) is 2.78. The van der Waals surface area contributed by atoms with Gasteiger partial charge in [0, 0.05) is 23.1 Å². The summed E-state index contributed by atoms with van der Waals surface area (Å²) in [6.07, 6.45) is 2.10. The number of carbonyl (C=O) groups is 1. The molecule has 0 bridgehead atoms. The molecule has 0 aromatic heterocycles. The van der Waals surface area contributed by atoms with Crippen molar-refractivity contribution in [3.05, 3.63) is 105 Å². The molecule has 154 valence electrons. The van der Waals surface area contributed by atoms with Gasteiger partial charge in [-0.25, -0.2) is 4.39 Å². The summed E-state index contributed by atoms with van der Waals surface area (Å²) in [7, 11) is 1.69. The first kappa shape index (κ1) is 21.2. The second-order valence-electron chi connectivity index (χ2n) is 6.97. The van der Waals surface area contributed by atoms with Gasteiger partial charge in [0.1, 0.15) is 17.2 Å². The van der Waals surface area contributed by atoms with Crippen molar-refractivity contribution >= 4 is 40.5 Å². The molecule has 3 aromatic carbocycles. The minimum Gasteiger partial charge on any atom is -0.588 e. The second-order valence-corrected chi connectivity index (χ2v) is 8.90. The van der Waals surface area contributed by atoms with Gasteiger partial charge in [-0.15, -0.1) is 0 Å². The number of benzene rings is 3. The number of fused-ring (bicyclic) bond motifs is 1. The molecule has 6 heteroatoms. The molecule has 1 unspecified atom stereocenters. The highest BCUT2D eigenvalue weighted by atomic mass is 35.5. The van der Waals surface area contributed by atoms with E-state index >= 15 is 0 Å². The van der Waals surface area contributed by atoms with Crippen molar-refractivity contribution in [3.8, 4) is 11.8 Å². The molecule has 31 heavy (non-hydrogen) atoms. The fourth-order valence-electron chi connectivity index (χ4n) is 3.20. The van der Waals surface area contributed by atoms with Crippen LogP contribution in [0.1, 0.15) is 27.0 Å². The smallest absolute Gasteiger partial charge is 0.245 e. The zero-order valence-electron chi connectivity index (χ0n) is 16.6. The molecule has 1 heterocycles. The highest BCUT2D eigenvalue weighted by Crippen LogP contribution is 2.35. The summed E-state index contributed by atoms with van der Waals surface area (Å²) in [5.74, 6) is 5.53. The molecule has 3 aromatic rings. The topological polar surface area (TPSA) is 43.4 Å². The van der Waals surface area contributed by atoms with E-state index in [1.165, 1.54) is 12.1 Å². The molecule has 0 aliphatic carbocycles. The third-order valence-electron chi connectivity index (χ3n) is 4.85. The van der Waals surface area contributed by atoms with Crippen molar-refractivity contribution in [2.24, 2.45) is 0 Å². The van der Waals surface area contributed by atoms with Gasteiger partial charge in [-0.1, -0.05) is 47.7 Å². The Morgan fingerprint density at radius 1 is 1.10 bits per heavy atom. The van der Waals surface area contributed by atoms with E-state index in [2.05, 4.69) is 11.8 Å². The Labute approximate surface area is 188 Å². The van der Waals surface area contributed by atoms with Gasteiger partial charge in [0.05, 0.1) is 18.3 Å². The van der Waals surface area contributed by atoms with Gasteiger partial charge in [0.2, 0.25) is 10.7 Å². The molecule has 0 saturated carbocycles. The Morgan fingerprint density at radius 3 is 2.52 bits per heavy atom. The molecule has 0 spiro atoms. The van der Waals surface area contributed by atoms with Crippen molar-refractivity contribution in [1.29, 1.82) is 0 Å². The van der Waals surface area contributed by atoms with E-state index in [1.54, 1.807) is 72.0 Å². The fraction of sp³-hybridized carbons (Fsp3) is 0.0800. The lowest BCUT2D eigenvalue weighted by atomic mass is 10.0. The Bertz CT molecular complexity index is 1230. The first-order valence-electron chi connectivity index (χ1n) is 9.47. The van der Waals surface area contributed by atoms with E-state index in [1.807, 2.05) is 0 Å². The van der Waals surface area contributed by atoms with Crippen LogP contribution >= 0.6 is 11.6 Å². The predicted octanol–water partition coefficient (Wildman–Crippen LogP) is 5.41. The van der Waals surface area contributed by atoms with Crippen LogP contribution in [0.2, 0.25) is 5.02 Å². The Hall–Kier alpha value is -3.04. The first-order valence-corrected chi connectivity index (χ1v) is 11.0. The van der Waals surface area contributed by atoms with Gasteiger partial charge in [-0.05, 0) is 53.6 Å². The van der Waals surface area contributed by atoms with Gasteiger partial charge >= 0.3 is 0 Å². The Morgan fingerprint density at radius 2 is 1.81 bits per heavy atom. The van der Waals surface area contributed by atoms with Gasteiger partial charge in [0.25, 0.3) is 0 Å². The molecule has 1 atom stereocenters. The van der Waals surface area contributed by atoms with Gasteiger partial charge in [0.15, 0.2) is 0 Å². The number of allylic oxidation sites excluding steroid dienone is 1. The number of halogens is 2. The number of anilines is 1. The van der Waals surface area contributed by atoms with E-state index in [-0.39, 0.29) is 16.5 Å². The Balaban J connectivity index is 1.63. The van der Waals surface area contributed by atoms with Gasteiger partial charge in [-0.2, -0.15) is 4.31 Å². The van der Waals surface area contributed by atoms with Crippen molar-refractivity contribution in [2.45, 2.75) is 6.42 Å².